The fourth-order valence-electron chi connectivity index (χ4n) is 1.88. The fraction of sp³-hybridized carbons (Fsp3) is 0.500. The standard InChI is InChI=1S/C10H12BrNO2S/c11-9-4-7(6-15-9)10(14)12-3-1-2-8(12)5-13/h4,6,8,13H,1-3,5H2/t8-/m1/s1. The van der Waals surface area contributed by atoms with Crippen LogP contribution in [-0.4, -0.2) is 35.1 Å². The quantitative estimate of drug-likeness (QED) is 0.906. The Balaban J connectivity index is 2.13. The largest absolute Gasteiger partial charge is 0.394 e. The number of likely N-dealkylation sites (tertiary alicyclic amines) is 1. The van der Waals surface area contributed by atoms with Crippen LogP contribution >= 0.6 is 27.3 Å². The van der Waals surface area contributed by atoms with E-state index in [1.54, 1.807) is 4.90 Å². The Morgan fingerprint density at radius 2 is 2.53 bits per heavy atom. The summed E-state index contributed by atoms with van der Waals surface area (Å²) < 4.78 is 0.964. The molecular formula is C10H12BrNO2S. The molecular weight excluding hydrogens is 278 g/mol. The fourth-order valence-corrected chi connectivity index (χ4v) is 3.01. The van der Waals surface area contributed by atoms with Crippen LogP contribution in [0.5, 0.6) is 0 Å². The maximum Gasteiger partial charge on any atom is 0.255 e. The second-order valence-corrected chi connectivity index (χ2v) is 5.91. The highest BCUT2D eigenvalue weighted by Crippen LogP contribution is 2.25. The van der Waals surface area contributed by atoms with Crippen LogP contribution < -0.4 is 0 Å². The van der Waals surface area contributed by atoms with Crippen LogP contribution in [-0.2, 0) is 0 Å². The predicted octanol–water partition coefficient (Wildman–Crippen LogP) is 2.11. The van der Waals surface area contributed by atoms with Crippen molar-refractivity contribution < 1.29 is 9.90 Å². The number of carbonyl (C=O) groups is 1. The zero-order valence-electron chi connectivity index (χ0n) is 8.15. The molecule has 0 spiro atoms. The summed E-state index contributed by atoms with van der Waals surface area (Å²) in [7, 11) is 0. The molecule has 82 valence electrons. The van der Waals surface area contributed by atoms with Crippen LogP contribution in [0.1, 0.15) is 23.2 Å². The lowest BCUT2D eigenvalue weighted by Gasteiger charge is -2.22. The summed E-state index contributed by atoms with van der Waals surface area (Å²) in [4.78, 5) is 13.8. The highest BCUT2D eigenvalue weighted by molar-refractivity contribution is 9.11. The topological polar surface area (TPSA) is 40.5 Å². The van der Waals surface area contributed by atoms with Crippen LogP contribution in [0.15, 0.2) is 15.2 Å². The Morgan fingerprint density at radius 3 is 3.13 bits per heavy atom. The van der Waals surface area contributed by atoms with Gasteiger partial charge in [0, 0.05) is 11.9 Å². The van der Waals surface area contributed by atoms with Crippen molar-refractivity contribution in [1.82, 2.24) is 4.90 Å². The Hall–Kier alpha value is -0.390. The van der Waals surface area contributed by atoms with E-state index in [4.69, 9.17) is 5.11 Å². The summed E-state index contributed by atoms with van der Waals surface area (Å²) in [5, 5.41) is 11.0. The van der Waals surface area contributed by atoms with Crippen LogP contribution in [0.25, 0.3) is 0 Å². The third-order valence-corrected chi connectivity index (χ3v) is 4.17. The Kier molecular flexibility index (Phi) is 3.43. The van der Waals surface area contributed by atoms with E-state index in [1.165, 1.54) is 11.3 Å². The summed E-state index contributed by atoms with van der Waals surface area (Å²) in [5.41, 5.74) is 0.715. The van der Waals surface area contributed by atoms with Gasteiger partial charge >= 0.3 is 0 Å². The molecule has 0 radical (unpaired) electrons. The van der Waals surface area contributed by atoms with Gasteiger partial charge in [-0.2, -0.15) is 0 Å². The van der Waals surface area contributed by atoms with E-state index in [2.05, 4.69) is 15.9 Å². The van der Waals surface area contributed by atoms with E-state index in [-0.39, 0.29) is 18.6 Å². The summed E-state index contributed by atoms with van der Waals surface area (Å²) in [6, 6.07) is 1.84. The van der Waals surface area contributed by atoms with Gasteiger partial charge in [-0.25, -0.2) is 0 Å². The Morgan fingerprint density at radius 1 is 1.73 bits per heavy atom. The molecule has 1 saturated heterocycles. The van der Waals surface area contributed by atoms with Crippen molar-refractivity contribution in [3.05, 3.63) is 20.8 Å². The first-order valence-electron chi connectivity index (χ1n) is 4.88. The molecule has 1 amide bonds. The number of rotatable bonds is 2. The van der Waals surface area contributed by atoms with E-state index < -0.39 is 0 Å². The SMILES string of the molecule is O=C(c1csc(Br)c1)N1CCC[C@@H]1CO. The van der Waals surface area contributed by atoms with Crippen LogP contribution in [0, 0.1) is 0 Å². The second kappa shape index (κ2) is 4.63. The minimum atomic E-state index is 0.0103. The van der Waals surface area contributed by atoms with Gasteiger partial charge in [0.1, 0.15) is 0 Å². The predicted molar refractivity (Wildman–Crippen MR) is 63.2 cm³/mol. The first kappa shape index (κ1) is 11.1. The lowest BCUT2D eigenvalue weighted by molar-refractivity contribution is 0.0678. The average molecular weight is 290 g/mol. The summed E-state index contributed by atoms with van der Waals surface area (Å²) in [6.45, 7) is 0.828. The molecule has 15 heavy (non-hydrogen) atoms. The second-order valence-electron chi connectivity index (χ2n) is 3.62. The molecule has 0 bridgehead atoms. The first-order valence-corrected chi connectivity index (χ1v) is 6.55. The molecule has 5 heteroatoms. The smallest absolute Gasteiger partial charge is 0.255 e. The Bertz CT molecular complexity index is 366. The molecule has 0 aliphatic carbocycles. The molecule has 3 nitrogen and oxygen atoms in total. The van der Waals surface area contributed by atoms with Crippen molar-refractivity contribution in [3.8, 4) is 0 Å². The van der Waals surface area contributed by atoms with Crippen LogP contribution in [0.4, 0.5) is 0 Å². The minimum absolute atomic E-state index is 0.0103. The molecule has 1 N–H and O–H groups in total. The lowest BCUT2D eigenvalue weighted by atomic mass is 10.2. The van der Waals surface area contributed by atoms with E-state index in [1.807, 2.05) is 11.4 Å². The van der Waals surface area contributed by atoms with Gasteiger partial charge in [-0.05, 0) is 34.8 Å². The highest BCUT2D eigenvalue weighted by atomic mass is 79.9. The third-order valence-electron chi connectivity index (χ3n) is 2.66. The zero-order chi connectivity index (χ0) is 10.8. The molecule has 1 aromatic heterocycles. The molecule has 1 aromatic rings. The number of thiophene rings is 1. The number of carbonyl (C=O) groups excluding carboxylic acids is 1. The minimum Gasteiger partial charge on any atom is -0.394 e. The molecule has 2 rings (SSSR count). The molecule has 1 aliphatic rings. The first-order chi connectivity index (χ1) is 7.22. The number of aliphatic hydroxyl groups is 1. The summed E-state index contributed by atoms with van der Waals surface area (Å²) >= 11 is 4.85. The van der Waals surface area contributed by atoms with Gasteiger partial charge in [0.15, 0.2) is 0 Å². The maximum atomic E-state index is 12.0. The number of amides is 1. The number of aliphatic hydroxyl groups excluding tert-OH is 1. The van der Waals surface area contributed by atoms with Crippen molar-refractivity contribution in [1.29, 1.82) is 0 Å². The van der Waals surface area contributed by atoms with Crippen molar-refractivity contribution >= 4 is 33.2 Å². The van der Waals surface area contributed by atoms with Crippen molar-refractivity contribution in [2.24, 2.45) is 0 Å². The number of hydrogen-bond acceptors (Lipinski definition) is 3. The molecule has 1 atom stereocenters. The molecule has 1 aliphatic heterocycles. The van der Waals surface area contributed by atoms with Gasteiger partial charge in [0.2, 0.25) is 0 Å². The molecule has 0 aromatic carbocycles. The van der Waals surface area contributed by atoms with Crippen molar-refractivity contribution in [2.75, 3.05) is 13.2 Å². The van der Waals surface area contributed by atoms with E-state index in [0.717, 1.165) is 23.2 Å². The number of nitrogens with zero attached hydrogens (tertiary/aromatic N) is 1. The number of hydrogen-bond donors (Lipinski definition) is 1. The van der Waals surface area contributed by atoms with E-state index in [0.29, 0.717) is 5.56 Å². The summed E-state index contributed by atoms with van der Waals surface area (Å²) in [6.07, 6.45) is 1.90. The maximum absolute atomic E-state index is 12.0. The summed E-state index contributed by atoms with van der Waals surface area (Å²) in [5.74, 6) is 0.0356. The molecule has 0 unspecified atom stereocenters. The Labute approximate surface area is 101 Å². The highest BCUT2D eigenvalue weighted by Gasteiger charge is 2.28. The van der Waals surface area contributed by atoms with E-state index >= 15 is 0 Å². The van der Waals surface area contributed by atoms with Gasteiger partial charge in [-0.15, -0.1) is 11.3 Å². The van der Waals surface area contributed by atoms with Gasteiger partial charge in [-0.3, -0.25) is 4.79 Å². The van der Waals surface area contributed by atoms with Crippen LogP contribution in [0.2, 0.25) is 0 Å². The van der Waals surface area contributed by atoms with Crippen LogP contribution in [0.3, 0.4) is 0 Å². The van der Waals surface area contributed by atoms with Crippen molar-refractivity contribution in [3.63, 3.8) is 0 Å². The van der Waals surface area contributed by atoms with E-state index in [9.17, 15) is 4.79 Å². The van der Waals surface area contributed by atoms with Crippen molar-refractivity contribution in [2.45, 2.75) is 18.9 Å². The van der Waals surface area contributed by atoms with Gasteiger partial charge < -0.3 is 10.0 Å². The molecule has 1 fully saturated rings. The monoisotopic (exact) mass is 289 g/mol. The lowest BCUT2D eigenvalue weighted by Crippen LogP contribution is -2.37. The number of halogens is 1. The molecule has 0 saturated carbocycles. The zero-order valence-corrected chi connectivity index (χ0v) is 10.6. The van der Waals surface area contributed by atoms with Gasteiger partial charge in [0.25, 0.3) is 5.91 Å². The third kappa shape index (κ3) is 2.24. The van der Waals surface area contributed by atoms with Gasteiger partial charge in [0.05, 0.1) is 22.0 Å². The normalized spacial score (nSPS) is 20.9. The average Bonchev–Trinajstić information content (AvgIpc) is 2.84. The van der Waals surface area contributed by atoms with Gasteiger partial charge in [-0.1, -0.05) is 0 Å². The molecule has 2 heterocycles.